The van der Waals surface area contributed by atoms with Gasteiger partial charge in [0.25, 0.3) is 5.91 Å². The number of carbonyl (C=O) groups is 1. The molecule has 1 atom stereocenters. The van der Waals surface area contributed by atoms with Crippen molar-refractivity contribution in [1.29, 1.82) is 0 Å². The fourth-order valence-electron chi connectivity index (χ4n) is 2.43. The summed E-state index contributed by atoms with van der Waals surface area (Å²) in [6.45, 7) is 0. The van der Waals surface area contributed by atoms with Crippen molar-refractivity contribution in [1.82, 2.24) is 9.97 Å². The molecule has 2 N–H and O–H groups in total. The van der Waals surface area contributed by atoms with E-state index < -0.39 is 18.4 Å². The molecule has 1 amide bonds. The summed E-state index contributed by atoms with van der Waals surface area (Å²) >= 11 is 0. The lowest BCUT2D eigenvalue weighted by molar-refractivity contribution is -0.286. The molecule has 0 bridgehead atoms. The molecule has 0 saturated carbocycles. The number of ether oxygens (including phenoxy) is 2. The fourth-order valence-corrected chi connectivity index (χ4v) is 2.43. The Morgan fingerprint density at radius 2 is 2.00 bits per heavy atom. The Hall–Kier alpha value is -3.23. The summed E-state index contributed by atoms with van der Waals surface area (Å²) in [5.74, 6) is -0.668. The van der Waals surface area contributed by atoms with Crippen molar-refractivity contribution in [3.8, 4) is 11.5 Å². The molecule has 9 heteroatoms. The lowest BCUT2D eigenvalue weighted by Gasteiger charge is -2.04. The number of imidazole rings is 1. The van der Waals surface area contributed by atoms with E-state index in [1.807, 2.05) is 0 Å². The highest BCUT2D eigenvalue weighted by Crippen LogP contribution is 2.42. The first-order chi connectivity index (χ1) is 11.9. The van der Waals surface area contributed by atoms with Gasteiger partial charge in [-0.1, -0.05) is 12.2 Å². The Morgan fingerprint density at radius 3 is 2.80 bits per heavy atom. The molecule has 0 saturated heterocycles. The molecule has 1 aliphatic heterocycles. The van der Waals surface area contributed by atoms with Crippen LogP contribution in [0.2, 0.25) is 0 Å². The molecule has 4 rings (SSSR count). The van der Waals surface area contributed by atoms with Crippen molar-refractivity contribution in [3.05, 3.63) is 48.1 Å². The summed E-state index contributed by atoms with van der Waals surface area (Å²) in [7, 11) is 0. The molecule has 1 aromatic heterocycles. The van der Waals surface area contributed by atoms with E-state index in [1.165, 1.54) is 42.5 Å². The first-order valence-corrected chi connectivity index (χ1v) is 7.21. The molecule has 6 nitrogen and oxygen atoms in total. The van der Waals surface area contributed by atoms with E-state index in [-0.39, 0.29) is 23.0 Å². The maximum atomic E-state index is 13.2. The smallest absolute Gasteiger partial charge is 0.395 e. The number of carbonyl (C=O) groups excluding carboxylic acids is 1. The predicted molar refractivity (Wildman–Crippen MR) is 82.2 cm³/mol. The van der Waals surface area contributed by atoms with Gasteiger partial charge in [0.15, 0.2) is 11.5 Å². The van der Waals surface area contributed by atoms with E-state index in [9.17, 15) is 18.0 Å². The van der Waals surface area contributed by atoms with Crippen molar-refractivity contribution < 1.29 is 27.4 Å². The minimum atomic E-state index is -3.71. The second-order valence-corrected chi connectivity index (χ2v) is 5.33. The first kappa shape index (κ1) is 15.3. The van der Waals surface area contributed by atoms with Crippen LogP contribution in [-0.2, 0) is 4.79 Å². The van der Waals surface area contributed by atoms with E-state index in [4.69, 9.17) is 0 Å². The van der Waals surface area contributed by atoms with Gasteiger partial charge < -0.3 is 14.5 Å². The lowest BCUT2D eigenvalue weighted by Crippen LogP contribution is -2.25. The minimum Gasteiger partial charge on any atom is -0.395 e. The lowest BCUT2D eigenvalue weighted by atomic mass is 10.2. The monoisotopic (exact) mass is 349 g/mol. The summed E-state index contributed by atoms with van der Waals surface area (Å²) in [6.07, 6.45) is 1.85. The molecule has 0 spiro atoms. The van der Waals surface area contributed by atoms with E-state index in [2.05, 4.69) is 24.8 Å². The number of halogens is 3. The molecule has 1 aromatic carbocycles. The van der Waals surface area contributed by atoms with Crippen LogP contribution in [0.4, 0.5) is 19.1 Å². The van der Waals surface area contributed by atoms with Gasteiger partial charge in [-0.3, -0.25) is 10.1 Å². The number of hydrogen-bond donors (Lipinski definition) is 2. The zero-order chi connectivity index (χ0) is 17.6. The van der Waals surface area contributed by atoms with Gasteiger partial charge >= 0.3 is 6.29 Å². The highest BCUT2D eigenvalue weighted by molar-refractivity contribution is 6.05. The van der Waals surface area contributed by atoms with Crippen molar-refractivity contribution in [3.63, 3.8) is 0 Å². The number of H-pyrrole nitrogens is 1. The third-order valence-corrected chi connectivity index (χ3v) is 3.53. The molecule has 2 aliphatic rings. The van der Waals surface area contributed by atoms with Crippen molar-refractivity contribution in [2.24, 2.45) is 0 Å². The van der Waals surface area contributed by atoms with Crippen LogP contribution in [0.3, 0.4) is 0 Å². The van der Waals surface area contributed by atoms with Crippen molar-refractivity contribution >= 4 is 22.9 Å². The molecule has 2 heterocycles. The van der Waals surface area contributed by atoms with Crippen LogP contribution in [0.5, 0.6) is 11.5 Å². The maximum absolute atomic E-state index is 13.2. The fraction of sp³-hybridized carbons (Fsp3) is 0.125. The molecule has 0 fully saturated rings. The number of nitrogens with one attached hydrogen (secondary N) is 2. The number of fused-ring (bicyclic) bond motifs is 2. The van der Waals surface area contributed by atoms with Crippen LogP contribution in [0.15, 0.2) is 48.1 Å². The van der Waals surface area contributed by atoms with Crippen LogP contribution in [-0.4, -0.2) is 28.3 Å². The van der Waals surface area contributed by atoms with Gasteiger partial charge in [-0.05, 0) is 18.2 Å². The molecule has 0 radical (unpaired) electrons. The number of alkyl halides is 3. The largest absolute Gasteiger partial charge is 0.586 e. The zero-order valence-corrected chi connectivity index (χ0v) is 12.4. The Labute approximate surface area is 138 Å². The molecule has 1 unspecified atom stereocenters. The molecule has 2 aromatic rings. The molecule has 25 heavy (non-hydrogen) atoms. The highest BCUT2D eigenvalue weighted by Gasteiger charge is 2.43. The average Bonchev–Trinajstić information content (AvgIpc) is 2.94. The third-order valence-electron chi connectivity index (χ3n) is 3.53. The summed E-state index contributed by atoms with van der Waals surface area (Å²) in [5.41, 5.74) is 0.930. The van der Waals surface area contributed by atoms with Crippen LogP contribution in [0.25, 0.3) is 11.0 Å². The normalized spacial score (nSPS) is 20.4. The van der Waals surface area contributed by atoms with Gasteiger partial charge in [0, 0.05) is 17.7 Å². The zero-order valence-electron chi connectivity index (χ0n) is 12.4. The quantitative estimate of drug-likeness (QED) is 0.873. The van der Waals surface area contributed by atoms with E-state index in [0.717, 1.165) is 0 Å². The van der Waals surface area contributed by atoms with Crippen molar-refractivity contribution in [2.75, 3.05) is 5.32 Å². The van der Waals surface area contributed by atoms with Gasteiger partial charge in [0.05, 0.1) is 11.0 Å². The number of benzene rings is 1. The van der Waals surface area contributed by atoms with Crippen LogP contribution in [0, 0.1) is 0 Å². The Balaban J connectivity index is 1.57. The van der Waals surface area contributed by atoms with Gasteiger partial charge in [0.2, 0.25) is 5.95 Å². The third kappa shape index (κ3) is 2.95. The molecular weight excluding hydrogens is 339 g/mol. The SMILES string of the molecule is O=C(Nc1nc2cc3c(cc2[nH]1)OC(F)(F)O3)C1=CC=CC(F)C=C1. The number of anilines is 1. The summed E-state index contributed by atoms with van der Waals surface area (Å²) in [6, 6.07) is 2.58. The summed E-state index contributed by atoms with van der Waals surface area (Å²) < 4.78 is 48.0. The number of nitrogens with zero attached hydrogens (tertiary/aromatic N) is 1. The molecular formula is C16H10F3N3O3. The van der Waals surface area contributed by atoms with Gasteiger partial charge in [-0.2, -0.15) is 0 Å². The van der Waals surface area contributed by atoms with Crippen molar-refractivity contribution in [2.45, 2.75) is 12.5 Å². The number of rotatable bonds is 2. The summed E-state index contributed by atoms with van der Waals surface area (Å²) in [4.78, 5) is 19.1. The van der Waals surface area contributed by atoms with E-state index in [1.54, 1.807) is 0 Å². The topological polar surface area (TPSA) is 76.2 Å². The van der Waals surface area contributed by atoms with Gasteiger partial charge in [-0.25, -0.2) is 9.37 Å². The number of aromatic amines is 1. The number of allylic oxidation sites excluding steroid dienone is 4. The number of hydrogen-bond acceptors (Lipinski definition) is 4. The van der Waals surface area contributed by atoms with Gasteiger partial charge in [-0.15, -0.1) is 8.78 Å². The number of aromatic nitrogens is 2. The number of amides is 1. The van der Waals surface area contributed by atoms with E-state index >= 15 is 0 Å². The Kier molecular flexibility index (Phi) is 3.31. The highest BCUT2D eigenvalue weighted by atomic mass is 19.3. The predicted octanol–water partition coefficient (Wildman–Crippen LogP) is 3.21. The standard InChI is InChI=1S/C16H10F3N3O3/c17-9-3-1-2-8(4-5-9)14(23)22-15-20-10-6-12-13(7-11(10)21-15)25-16(18,19)24-12/h1-7,9H,(H2,20,21,22,23). The van der Waals surface area contributed by atoms with Crippen LogP contribution in [0.1, 0.15) is 0 Å². The van der Waals surface area contributed by atoms with Gasteiger partial charge in [0.1, 0.15) is 6.17 Å². The molecule has 1 aliphatic carbocycles. The molecule has 128 valence electrons. The van der Waals surface area contributed by atoms with Crippen LogP contribution < -0.4 is 14.8 Å². The minimum absolute atomic E-state index is 0.106. The summed E-state index contributed by atoms with van der Waals surface area (Å²) in [5, 5.41) is 2.52. The second-order valence-electron chi connectivity index (χ2n) is 5.33. The Morgan fingerprint density at radius 1 is 1.24 bits per heavy atom. The maximum Gasteiger partial charge on any atom is 0.586 e. The Bertz CT molecular complexity index is 917. The second kappa shape index (κ2) is 5.40. The van der Waals surface area contributed by atoms with E-state index in [0.29, 0.717) is 11.0 Å². The first-order valence-electron chi connectivity index (χ1n) is 7.21. The van der Waals surface area contributed by atoms with Crippen LogP contribution >= 0.6 is 0 Å². The average molecular weight is 349 g/mol.